The van der Waals surface area contributed by atoms with Crippen molar-refractivity contribution >= 4 is 40.1 Å². The number of Topliss-reactive ketones (excluding diaryl/α,β-unsaturated/α-hetero) is 1. The highest BCUT2D eigenvalue weighted by atomic mass is 32.1. The maximum Gasteiger partial charge on any atom is 0.135 e. The largest absolute Gasteiger partial charge is 0.379 e. The number of allylic oxidation sites excluding steroid dienone is 3. The number of ketones is 1. The van der Waals surface area contributed by atoms with E-state index in [0.717, 1.165) is 124 Å². The summed E-state index contributed by atoms with van der Waals surface area (Å²) in [5.41, 5.74) is 10.4. The molecule has 0 unspecified atom stereocenters. The van der Waals surface area contributed by atoms with Gasteiger partial charge in [-0.15, -0.1) is 22.7 Å². The molecule has 4 aliphatic heterocycles. The molecule has 0 atom stereocenters. The molecule has 11 heteroatoms. The van der Waals surface area contributed by atoms with Crippen molar-refractivity contribution < 1.29 is 14.3 Å². The number of fused-ring (bicyclic) bond motifs is 2. The van der Waals surface area contributed by atoms with E-state index < -0.39 is 0 Å². The zero-order valence-electron chi connectivity index (χ0n) is 33.6. The Labute approximate surface area is 346 Å². The van der Waals surface area contributed by atoms with Gasteiger partial charge in [-0.3, -0.25) is 24.6 Å². The van der Waals surface area contributed by atoms with Crippen LogP contribution in [0.15, 0.2) is 72.6 Å². The number of nitrogens with zero attached hydrogens (tertiary/aromatic N) is 6. The van der Waals surface area contributed by atoms with Gasteiger partial charge in [0.15, 0.2) is 0 Å². The van der Waals surface area contributed by atoms with Gasteiger partial charge in [-0.1, -0.05) is 24.3 Å². The van der Waals surface area contributed by atoms with E-state index in [0.29, 0.717) is 5.78 Å². The molecule has 3 fully saturated rings. The van der Waals surface area contributed by atoms with E-state index in [4.69, 9.17) is 14.5 Å². The van der Waals surface area contributed by atoms with Gasteiger partial charge in [-0.05, 0) is 73.6 Å². The number of thiophene rings is 2. The fourth-order valence-corrected chi connectivity index (χ4v) is 10.0. The Hall–Kier alpha value is -3.65. The average Bonchev–Trinajstić information content (AvgIpc) is 4.08. The van der Waals surface area contributed by atoms with Crippen molar-refractivity contribution in [2.75, 3.05) is 92.9 Å². The molecule has 2 aliphatic carbocycles. The maximum absolute atomic E-state index is 10.6. The van der Waals surface area contributed by atoms with Crippen LogP contribution in [-0.4, -0.2) is 128 Å². The summed E-state index contributed by atoms with van der Waals surface area (Å²) in [5.74, 6) is 0.420. The number of rotatable bonds is 7. The Morgan fingerprint density at radius 1 is 0.667 bits per heavy atom. The van der Waals surface area contributed by atoms with Crippen molar-refractivity contribution in [3.63, 3.8) is 0 Å². The van der Waals surface area contributed by atoms with Crippen LogP contribution in [0.5, 0.6) is 0 Å². The average molecular weight is 805 g/mol. The zero-order valence-corrected chi connectivity index (χ0v) is 35.2. The van der Waals surface area contributed by atoms with Gasteiger partial charge in [0.05, 0.1) is 37.8 Å². The summed E-state index contributed by atoms with van der Waals surface area (Å²) in [6.45, 7) is 13.7. The molecular weight excluding hydrogens is 749 g/mol. The van der Waals surface area contributed by atoms with Crippen molar-refractivity contribution in [3.05, 3.63) is 105 Å². The lowest BCUT2D eigenvalue weighted by Gasteiger charge is -2.25. The number of ether oxygens (including phenoxy) is 2. The highest BCUT2D eigenvalue weighted by Crippen LogP contribution is 2.38. The Bertz CT molecular complexity index is 2080. The van der Waals surface area contributed by atoms with Crippen LogP contribution in [0.2, 0.25) is 0 Å². The number of morpholine rings is 2. The van der Waals surface area contributed by atoms with Crippen molar-refractivity contribution in [2.24, 2.45) is 0 Å². The highest BCUT2D eigenvalue weighted by molar-refractivity contribution is 7.15. The molecule has 4 aromatic rings. The number of carbonyl (C=O) groups is 1. The lowest BCUT2D eigenvalue weighted by Crippen LogP contribution is -2.35. The van der Waals surface area contributed by atoms with E-state index in [1.165, 1.54) is 64.3 Å². The number of hydrogen-bond donors (Lipinski definition) is 0. The quantitative estimate of drug-likeness (QED) is 0.191. The van der Waals surface area contributed by atoms with Crippen LogP contribution in [-0.2, 0) is 40.2 Å². The number of aromatic nitrogens is 2. The van der Waals surface area contributed by atoms with Crippen LogP contribution in [0, 0.1) is 0 Å². The fraction of sp³-hybridized carbons (Fsp3) is 0.457. The van der Waals surface area contributed by atoms with Gasteiger partial charge in [-0.25, -0.2) is 0 Å². The first-order valence-electron chi connectivity index (χ1n) is 20.6. The molecule has 3 saturated heterocycles. The van der Waals surface area contributed by atoms with Gasteiger partial charge in [0.2, 0.25) is 0 Å². The smallest absolute Gasteiger partial charge is 0.135 e. The third kappa shape index (κ3) is 10.7. The molecule has 9 nitrogen and oxygen atoms in total. The second-order valence-corrected chi connectivity index (χ2v) is 18.1. The summed E-state index contributed by atoms with van der Waals surface area (Å²) in [6.07, 6.45) is 17.8. The molecule has 4 aromatic heterocycles. The summed E-state index contributed by atoms with van der Waals surface area (Å²) in [7, 11) is 4.24. The fourth-order valence-electron chi connectivity index (χ4n) is 7.97. The summed E-state index contributed by atoms with van der Waals surface area (Å²) < 4.78 is 10.9. The van der Waals surface area contributed by atoms with Crippen molar-refractivity contribution in [1.82, 2.24) is 29.6 Å². The molecule has 0 amide bonds. The minimum absolute atomic E-state index is 0.420. The van der Waals surface area contributed by atoms with Gasteiger partial charge in [0.25, 0.3) is 0 Å². The van der Waals surface area contributed by atoms with Gasteiger partial charge < -0.3 is 19.3 Å². The molecule has 0 aromatic carbocycles. The second kappa shape index (κ2) is 19.4. The SMILES string of the molecule is C1=Cc2cc(-c3ccc(CN4CCOCC4)s3)cnc2C1.CN1CC=C(C2=CCc3ncc(-c4ccc(CN5CCOCC5)s4)cc32)CC1.CN1CCC(=O)CC1. The minimum atomic E-state index is 0.420. The number of hydrogen-bond acceptors (Lipinski definition) is 11. The Balaban J connectivity index is 0.000000137. The molecular formula is C46H56N6O3S2. The highest BCUT2D eigenvalue weighted by Gasteiger charge is 2.22. The van der Waals surface area contributed by atoms with Gasteiger partial charge >= 0.3 is 0 Å². The molecule has 300 valence electrons. The number of piperidine rings is 1. The lowest BCUT2D eigenvalue weighted by molar-refractivity contribution is -0.121. The lowest BCUT2D eigenvalue weighted by atomic mass is 9.95. The van der Waals surface area contributed by atoms with Crippen LogP contribution in [0.25, 0.3) is 32.5 Å². The molecule has 0 saturated carbocycles. The summed E-state index contributed by atoms with van der Waals surface area (Å²) in [4.78, 5) is 34.9. The van der Waals surface area contributed by atoms with E-state index in [1.54, 1.807) is 0 Å². The van der Waals surface area contributed by atoms with E-state index in [-0.39, 0.29) is 0 Å². The Kier molecular flexibility index (Phi) is 13.7. The first-order chi connectivity index (χ1) is 27.9. The predicted octanol–water partition coefficient (Wildman–Crippen LogP) is 7.34. The van der Waals surface area contributed by atoms with Crippen LogP contribution in [0.3, 0.4) is 0 Å². The number of pyridine rings is 2. The molecule has 10 rings (SSSR count). The molecule has 0 bridgehead atoms. The third-order valence-electron chi connectivity index (χ3n) is 11.5. The molecule has 0 radical (unpaired) electrons. The van der Waals surface area contributed by atoms with E-state index in [1.807, 2.05) is 35.9 Å². The van der Waals surface area contributed by atoms with Crippen molar-refractivity contribution in [3.8, 4) is 20.9 Å². The van der Waals surface area contributed by atoms with E-state index in [9.17, 15) is 4.79 Å². The maximum atomic E-state index is 10.6. The van der Waals surface area contributed by atoms with Crippen LogP contribution in [0.4, 0.5) is 0 Å². The van der Waals surface area contributed by atoms with Crippen molar-refractivity contribution in [1.29, 1.82) is 0 Å². The van der Waals surface area contributed by atoms with Gasteiger partial charge in [0, 0.05) is 140 Å². The normalized spacial score (nSPS) is 20.2. The summed E-state index contributed by atoms with van der Waals surface area (Å²) in [6, 6.07) is 13.6. The van der Waals surface area contributed by atoms with Gasteiger partial charge in [0.1, 0.15) is 5.78 Å². The first kappa shape index (κ1) is 40.1. The van der Waals surface area contributed by atoms with Crippen molar-refractivity contribution in [2.45, 2.75) is 45.2 Å². The predicted molar refractivity (Wildman–Crippen MR) is 234 cm³/mol. The second-order valence-electron chi connectivity index (χ2n) is 15.8. The molecule has 8 heterocycles. The van der Waals surface area contributed by atoms with E-state index in [2.05, 4.69) is 98.5 Å². The number of likely N-dealkylation sites (tertiary alicyclic amines) is 1. The van der Waals surface area contributed by atoms with Crippen LogP contribution >= 0.6 is 22.7 Å². The standard InChI is InChI=1S/C23H27N3OS.C17H18N2OS.C6H11NO/c1-25-8-6-17(7-9-25)20-3-4-22-21(20)14-18(15-24-22)23-5-2-19(28-23)16-26-10-12-27-13-11-26;1-2-13-10-14(11-18-16(13)3-1)17-5-4-15(21-17)12-19-6-8-20-9-7-19;1-7-4-2-6(8)3-5-7/h2-3,5-6,14-15H,4,7-13,16H2,1H3;1-2,4-5,10-11H,3,6-9,12H2;2-5H2,1H3. The zero-order chi connectivity index (χ0) is 39.0. The molecule has 57 heavy (non-hydrogen) atoms. The third-order valence-corrected chi connectivity index (χ3v) is 13.8. The molecule has 0 spiro atoms. The molecule has 0 N–H and O–H groups in total. The number of carbonyl (C=O) groups excluding carboxylic acids is 1. The van der Waals surface area contributed by atoms with E-state index >= 15 is 0 Å². The Morgan fingerprint density at radius 3 is 1.86 bits per heavy atom. The first-order valence-corrected chi connectivity index (χ1v) is 22.3. The van der Waals surface area contributed by atoms with Gasteiger partial charge in [-0.2, -0.15) is 0 Å². The summed E-state index contributed by atoms with van der Waals surface area (Å²) in [5, 5.41) is 0. The monoisotopic (exact) mass is 804 g/mol. The number of likely N-dealkylation sites (N-methyl/N-ethyl adjacent to an activating group) is 1. The van der Waals surface area contributed by atoms with Crippen LogP contribution < -0.4 is 0 Å². The van der Waals surface area contributed by atoms with Crippen LogP contribution in [0.1, 0.15) is 51.5 Å². The Morgan fingerprint density at radius 2 is 1.26 bits per heavy atom. The molecule has 6 aliphatic rings. The minimum Gasteiger partial charge on any atom is -0.379 e. The topological polar surface area (TPSA) is 74.3 Å². The summed E-state index contributed by atoms with van der Waals surface area (Å²) >= 11 is 3.78.